The fraction of sp³-hybridized carbons (Fsp3) is 0.692. The highest BCUT2D eigenvalue weighted by Gasteiger charge is 2.53. The molecule has 1 fully saturated rings. The van der Waals surface area contributed by atoms with E-state index in [-0.39, 0.29) is 12.1 Å². The molecule has 1 saturated heterocycles. The molecule has 1 amide bonds. The number of aliphatic carboxylic acids is 3. The molecule has 0 aromatic carbocycles. The summed E-state index contributed by atoms with van der Waals surface area (Å²) >= 11 is 0. The fourth-order valence-corrected chi connectivity index (χ4v) is 1.55. The molecule has 24 heavy (non-hydrogen) atoms. The summed E-state index contributed by atoms with van der Waals surface area (Å²) in [6.07, 6.45) is 0.625. The number of amides is 1. The number of carboxylic acids is 3. The maximum absolute atomic E-state index is 11.5. The quantitative estimate of drug-likeness (QED) is 0.392. The Bertz CT molecular complexity index is 476. The van der Waals surface area contributed by atoms with Gasteiger partial charge < -0.3 is 35.8 Å². The first-order valence-corrected chi connectivity index (χ1v) is 6.88. The number of carbonyl (C=O) groups is 4. The van der Waals surface area contributed by atoms with Crippen LogP contribution in [0.2, 0.25) is 0 Å². The molecular weight excluding hydrogens is 328 g/mol. The van der Waals surface area contributed by atoms with Crippen LogP contribution >= 0.6 is 0 Å². The molecule has 1 aliphatic heterocycles. The van der Waals surface area contributed by atoms with Gasteiger partial charge in [0.05, 0.1) is 0 Å². The van der Waals surface area contributed by atoms with E-state index in [1.807, 2.05) is 20.8 Å². The van der Waals surface area contributed by atoms with Crippen LogP contribution in [0.4, 0.5) is 4.79 Å². The zero-order valence-electron chi connectivity index (χ0n) is 13.6. The van der Waals surface area contributed by atoms with Crippen molar-refractivity contribution >= 4 is 24.0 Å². The second kappa shape index (κ2) is 7.93. The second-order valence-corrected chi connectivity index (χ2v) is 6.10. The molecule has 11 nitrogen and oxygen atoms in total. The highest BCUT2D eigenvalue weighted by atomic mass is 16.6. The van der Waals surface area contributed by atoms with E-state index in [4.69, 9.17) is 30.9 Å². The molecule has 6 N–H and O–H groups in total. The lowest BCUT2D eigenvalue weighted by molar-refractivity contribution is -0.186. The van der Waals surface area contributed by atoms with Crippen molar-refractivity contribution in [3.05, 3.63) is 0 Å². The zero-order chi connectivity index (χ0) is 19.3. The summed E-state index contributed by atoms with van der Waals surface area (Å²) in [7, 11) is 0. The highest BCUT2D eigenvalue weighted by molar-refractivity contribution is 6.19. The molecule has 0 aromatic rings. The number of ether oxygens (including phenoxy) is 1. The number of carboxylic acid groups (broad SMARTS) is 3. The lowest BCUT2D eigenvalue weighted by Gasteiger charge is -2.24. The highest BCUT2D eigenvalue weighted by Crippen LogP contribution is 2.14. The van der Waals surface area contributed by atoms with Gasteiger partial charge in [-0.15, -0.1) is 0 Å². The molecule has 1 atom stereocenters. The van der Waals surface area contributed by atoms with Gasteiger partial charge in [-0.3, -0.25) is 0 Å². The molecule has 0 spiro atoms. The summed E-state index contributed by atoms with van der Waals surface area (Å²) in [6, 6.07) is 0.118. The van der Waals surface area contributed by atoms with Crippen LogP contribution in [-0.2, 0) is 19.1 Å². The number of likely N-dealkylation sites (tertiary alicyclic amines) is 1. The van der Waals surface area contributed by atoms with Crippen LogP contribution in [0, 0.1) is 0 Å². The van der Waals surface area contributed by atoms with Crippen molar-refractivity contribution in [2.45, 2.75) is 44.4 Å². The number of rotatable bonds is 3. The molecule has 0 aliphatic carbocycles. The fourth-order valence-electron chi connectivity index (χ4n) is 1.55. The van der Waals surface area contributed by atoms with Crippen LogP contribution < -0.4 is 5.73 Å². The monoisotopic (exact) mass is 350 g/mol. The molecule has 1 aliphatic rings. The number of aliphatic hydroxyl groups is 1. The minimum absolute atomic E-state index is 0.118. The molecule has 0 saturated carbocycles. The molecule has 1 unspecified atom stereocenters. The predicted octanol–water partition coefficient (Wildman–Crippen LogP) is -1.07. The Morgan fingerprint density at radius 3 is 1.67 bits per heavy atom. The van der Waals surface area contributed by atoms with E-state index in [9.17, 15) is 19.2 Å². The maximum Gasteiger partial charge on any atom is 0.410 e. The standard InChI is InChI=1S/C9H18N2O2.C4H4O7/c1-9(2,3)13-8(12)11-5-4-7(10)6-11;5-1(6)4(11,2(7)8)3(9)10/h7H,4-6,10H2,1-3H3;11H,(H,5,6)(H,7,8)(H,9,10). The van der Waals surface area contributed by atoms with Crippen LogP contribution in [0.1, 0.15) is 27.2 Å². The Balaban J connectivity index is 0.000000449. The average Bonchev–Trinajstić information content (AvgIpc) is 2.82. The summed E-state index contributed by atoms with van der Waals surface area (Å²) in [6.45, 7) is 6.92. The molecule has 0 bridgehead atoms. The van der Waals surface area contributed by atoms with Crippen molar-refractivity contribution in [2.75, 3.05) is 13.1 Å². The van der Waals surface area contributed by atoms with E-state index >= 15 is 0 Å². The average molecular weight is 350 g/mol. The first-order chi connectivity index (χ1) is 10.7. The largest absolute Gasteiger partial charge is 0.478 e. The van der Waals surface area contributed by atoms with Crippen LogP contribution in [0.5, 0.6) is 0 Å². The minimum Gasteiger partial charge on any atom is -0.478 e. The van der Waals surface area contributed by atoms with Crippen LogP contribution in [0.25, 0.3) is 0 Å². The Kier molecular flexibility index (Phi) is 7.13. The van der Waals surface area contributed by atoms with Crippen LogP contribution in [-0.4, -0.2) is 79.7 Å². The van der Waals surface area contributed by atoms with Crippen molar-refractivity contribution in [2.24, 2.45) is 5.73 Å². The second-order valence-electron chi connectivity index (χ2n) is 6.10. The van der Waals surface area contributed by atoms with E-state index in [1.54, 1.807) is 4.90 Å². The van der Waals surface area contributed by atoms with E-state index in [0.717, 1.165) is 13.0 Å². The van der Waals surface area contributed by atoms with Gasteiger partial charge in [0.15, 0.2) is 0 Å². The smallest absolute Gasteiger partial charge is 0.410 e. The van der Waals surface area contributed by atoms with Crippen molar-refractivity contribution in [3.63, 3.8) is 0 Å². The van der Waals surface area contributed by atoms with Gasteiger partial charge in [0, 0.05) is 19.1 Å². The number of carbonyl (C=O) groups excluding carboxylic acids is 1. The van der Waals surface area contributed by atoms with Crippen molar-refractivity contribution in [1.29, 1.82) is 0 Å². The van der Waals surface area contributed by atoms with Crippen molar-refractivity contribution in [1.82, 2.24) is 4.90 Å². The summed E-state index contributed by atoms with van der Waals surface area (Å²) in [5.74, 6) is -7.01. The summed E-state index contributed by atoms with van der Waals surface area (Å²) in [5.41, 5.74) is 1.51. The molecule has 11 heteroatoms. The lowest BCUT2D eigenvalue weighted by Crippen LogP contribution is -2.53. The third kappa shape index (κ3) is 6.01. The van der Waals surface area contributed by atoms with Crippen LogP contribution in [0.3, 0.4) is 0 Å². The molecule has 0 radical (unpaired) electrons. The van der Waals surface area contributed by atoms with Gasteiger partial charge in [0.2, 0.25) is 0 Å². The van der Waals surface area contributed by atoms with Gasteiger partial charge in [-0.2, -0.15) is 0 Å². The number of nitrogens with zero attached hydrogens (tertiary/aromatic N) is 1. The first kappa shape index (κ1) is 21.6. The summed E-state index contributed by atoms with van der Waals surface area (Å²) in [4.78, 5) is 42.8. The van der Waals surface area contributed by atoms with Crippen molar-refractivity contribution < 1.29 is 44.3 Å². The van der Waals surface area contributed by atoms with E-state index in [1.165, 1.54) is 0 Å². The van der Waals surface area contributed by atoms with Gasteiger partial charge in [-0.1, -0.05) is 0 Å². The van der Waals surface area contributed by atoms with Crippen molar-refractivity contribution in [3.8, 4) is 0 Å². The number of hydrogen-bond donors (Lipinski definition) is 5. The third-order valence-corrected chi connectivity index (χ3v) is 2.80. The van der Waals surface area contributed by atoms with Crippen LogP contribution in [0.15, 0.2) is 0 Å². The maximum atomic E-state index is 11.5. The summed E-state index contributed by atoms with van der Waals surface area (Å²) < 4.78 is 5.20. The topological polar surface area (TPSA) is 188 Å². The Labute approximate surface area is 137 Å². The molecule has 138 valence electrons. The predicted molar refractivity (Wildman–Crippen MR) is 78.3 cm³/mol. The number of hydrogen-bond acceptors (Lipinski definition) is 7. The SMILES string of the molecule is CC(C)(C)OC(=O)N1CCC(N)C1.O=C(O)C(O)(C(=O)O)C(=O)O. The number of nitrogens with two attached hydrogens (primary N) is 1. The summed E-state index contributed by atoms with van der Waals surface area (Å²) in [5, 5.41) is 32.3. The van der Waals surface area contributed by atoms with E-state index in [0.29, 0.717) is 6.54 Å². The Morgan fingerprint density at radius 1 is 1.04 bits per heavy atom. The molecule has 1 heterocycles. The van der Waals surface area contributed by atoms with Gasteiger partial charge in [-0.05, 0) is 27.2 Å². The van der Waals surface area contributed by atoms with Gasteiger partial charge >= 0.3 is 29.6 Å². The van der Waals surface area contributed by atoms with E-state index < -0.39 is 29.1 Å². The Hall–Kier alpha value is -2.40. The Morgan fingerprint density at radius 2 is 1.46 bits per heavy atom. The van der Waals surface area contributed by atoms with E-state index in [2.05, 4.69) is 0 Å². The zero-order valence-corrected chi connectivity index (χ0v) is 13.6. The molecule has 0 aromatic heterocycles. The minimum atomic E-state index is -3.75. The third-order valence-electron chi connectivity index (χ3n) is 2.80. The molecular formula is C13H22N2O9. The molecule has 1 rings (SSSR count). The van der Waals surface area contributed by atoms with Gasteiger partial charge in [0.1, 0.15) is 5.60 Å². The van der Waals surface area contributed by atoms with Gasteiger partial charge in [0.25, 0.3) is 0 Å². The lowest BCUT2D eigenvalue weighted by atomic mass is 10.1. The first-order valence-electron chi connectivity index (χ1n) is 6.88. The van der Waals surface area contributed by atoms with Gasteiger partial charge in [-0.25, -0.2) is 19.2 Å². The normalized spacial score (nSPS) is 17.5.